The maximum atomic E-state index is 12.3. The zero-order valence-corrected chi connectivity index (χ0v) is 16.8. The smallest absolute Gasteiger partial charge is 0.347 e. The highest BCUT2D eigenvalue weighted by molar-refractivity contribution is 6.14. The third-order valence-corrected chi connectivity index (χ3v) is 3.84. The first kappa shape index (κ1) is 22.0. The quantitative estimate of drug-likeness (QED) is 0.202. The third-order valence-electron chi connectivity index (χ3n) is 3.84. The highest BCUT2D eigenvalue weighted by Gasteiger charge is 2.21. The van der Waals surface area contributed by atoms with Crippen molar-refractivity contribution in [2.24, 2.45) is 0 Å². The molecule has 0 aliphatic heterocycles. The molecule has 2 aromatic heterocycles. The minimum atomic E-state index is -0.728. The number of hydrogen-bond donors (Lipinski definition) is 1. The fourth-order valence-corrected chi connectivity index (χ4v) is 2.19. The number of nitrogens with one attached hydrogen (secondary N) is 1. The number of aromatic nitrogens is 3. The van der Waals surface area contributed by atoms with Crippen LogP contribution >= 0.6 is 0 Å². The van der Waals surface area contributed by atoms with Gasteiger partial charge >= 0.3 is 11.9 Å². The Hall–Kier alpha value is -3.29. The van der Waals surface area contributed by atoms with Crippen LogP contribution in [0.25, 0.3) is 11.4 Å². The van der Waals surface area contributed by atoms with Crippen LogP contribution in [-0.2, 0) is 19.1 Å². The van der Waals surface area contributed by atoms with Crippen LogP contribution in [0.15, 0.2) is 48.6 Å². The second-order valence-electron chi connectivity index (χ2n) is 6.19. The molecule has 2 aromatic rings. The lowest BCUT2D eigenvalue weighted by atomic mass is 10.2. The van der Waals surface area contributed by atoms with E-state index in [9.17, 15) is 9.59 Å². The van der Waals surface area contributed by atoms with Crippen LogP contribution in [0.1, 0.15) is 39.5 Å². The number of nitrogens with zero attached hydrogens (tertiary/aromatic N) is 3. The summed E-state index contributed by atoms with van der Waals surface area (Å²) in [6, 6.07) is 5.25. The Morgan fingerprint density at radius 3 is 2.31 bits per heavy atom. The molecule has 0 bridgehead atoms. The predicted octanol–water partition coefficient (Wildman–Crippen LogP) is 3.52. The summed E-state index contributed by atoms with van der Waals surface area (Å²) in [5.41, 5.74) is 0.539. The number of ether oxygens (including phenoxy) is 2. The third kappa shape index (κ3) is 7.33. The van der Waals surface area contributed by atoms with Crippen LogP contribution in [0.5, 0.6) is 0 Å². The summed E-state index contributed by atoms with van der Waals surface area (Å²) in [6.45, 7) is 4.46. The summed E-state index contributed by atoms with van der Waals surface area (Å²) in [5, 5.41) is 2.86. The molecule has 8 heteroatoms. The second-order valence-corrected chi connectivity index (χ2v) is 6.19. The van der Waals surface area contributed by atoms with Gasteiger partial charge in [-0.1, -0.05) is 26.7 Å². The summed E-state index contributed by atoms with van der Waals surface area (Å²) in [5.74, 6) is -0.573. The average Bonchev–Trinajstić information content (AvgIpc) is 2.75. The monoisotopic (exact) mass is 398 g/mol. The topological polar surface area (TPSA) is 103 Å². The van der Waals surface area contributed by atoms with Gasteiger partial charge in [-0.15, -0.1) is 0 Å². The number of anilines is 1. The van der Waals surface area contributed by atoms with Crippen LogP contribution in [-0.4, -0.2) is 40.1 Å². The van der Waals surface area contributed by atoms with E-state index in [0.717, 1.165) is 31.2 Å². The molecule has 0 amide bonds. The largest absolute Gasteiger partial charge is 0.462 e. The molecule has 0 aromatic carbocycles. The van der Waals surface area contributed by atoms with Crippen molar-refractivity contribution in [2.45, 2.75) is 39.5 Å². The summed E-state index contributed by atoms with van der Waals surface area (Å²) in [7, 11) is 0. The molecule has 0 aliphatic carbocycles. The van der Waals surface area contributed by atoms with Crippen LogP contribution < -0.4 is 5.32 Å². The maximum absolute atomic E-state index is 12.3. The van der Waals surface area contributed by atoms with Crippen molar-refractivity contribution in [1.82, 2.24) is 15.0 Å². The van der Waals surface area contributed by atoms with E-state index in [4.69, 9.17) is 9.47 Å². The Labute approximate surface area is 170 Å². The van der Waals surface area contributed by atoms with Crippen LogP contribution in [0, 0.1) is 0 Å². The lowest BCUT2D eigenvalue weighted by molar-refractivity contribution is -0.147. The molecule has 0 spiro atoms. The lowest BCUT2D eigenvalue weighted by Crippen LogP contribution is -2.20. The summed E-state index contributed by atoms with van der Waals surface area (Å²) >= 11 is 0. The molecule has 2 rings (SSSR count). The Bertz CT molecular complexity index is 800. The summed E-state index contributed by atoms with van der Waals surface area (Å²) < 4.78 is 10.3. The van der Waals surface area contributed by atoms with Crippen molar-refractivity contribution in [3.8, 4) is 11.4 Å². The second kappa shape index (κ2) is 12.2. The van der Waals surface area contributed by atoms with E-state index in [0.29, 0.717) is 11.6 Å². The minimum absolute atomic E-state index is 0.209. The minimum Gasteiger partial charge on any atom is -0.462 e. The Morgan fingerprint density at radius 2 is 1.72 bits per heavy atom. The molecule has 0 atom stereocenters. The van der Waals surface area contributed by atoms with Gasteiger partial charge in [0.2, 0.25) is 0 Å². The number of pyridine rings is 1. The number of esters is 2. The molecular weight excluding hydrogens is 372 g/mol. The fourth-order valence-electron chi connectivity index (χ4n) is 2.19. The van der Waals surface area contributed by atoms with Gasteiger partial charge in [0.15, 0.2) is 11.4 Å². The highest BCUT2D eigenvalue weighted by atomic mass is 16.6. The Kier molecular flexibility index (Phi) is 9.28. The summed E-state index contributed by atoms with van der Waals surface area (Å²) in [6.07, 6.45) is 9.34. The van der Waals surface area contributed by atoms with Crippen LogP contribution in [0.3, 0.4) is 0 Å². The van der Waals surface area contributed by atoms with E-state index in [1.54, 1.807) is 30.7 Å². The molecule has 8 nitrogen and oxygen atoms in total. The molecule has 1 N–H and O–H groups in total. The Balaban J connectivity index is 2.15. The first-order valence-electron chi connectivity index (χ1n) is 9.70. The molecule has 0 aliphatic rings. The summed E-state index contributed by atoms with van der Waals surface area (Å²) in [4.78, 5) is 37.3. The number of unbranched alkanes of at least 4 members (excludes halogenated alkanes) is 2. The molecule has 2 heterocycles. The van der Waals surface area contributed by atoms with E-state index < -0.39 is 11.9 Å². The zero-order chi connectivity index (χ0) is 20.9. The highest BCUT2D eigenvalue weighted by Crippen LogP contribution is 2.15. The lowest BCUT2D eigenvalue weighted by Gasteiger charge is -2.09. The van der Waals surface area contributed by atoms with Crippen molar-refractivity contribution < 1.29 is 19.1 Å². The molecule has 29 heavy (non-hydrogen) atoms. The van der Waals surface area contributed by atoms with Gasteiger partial charge in [0.25, 0.3) is 0 Å². The normalized spacial score (nSPS) is 10.1. The van der Waals surface area contributed by atoms with Gasteiger partial charge in [0, 0.05) is 30.4 Å². The number of hydrogen-bond acceptors (Lipinski definition) is 8. The van der Waals surface area contributed by atoms with Crippen LogP contribution in [0.2, 0.25) is 0 Å². The molecule has 0 saturated heterocycles. The van der Waals surface area contributed by atoms with Gasteiger partial charge in [0.1, 0.15) is 5.82 Å². The zero-order valence-electron chi connectivity index (χ0n) is 16.8. The molecule has 0 unspecified atom stereocenters. The van der Waals surface area contributed by atoms with Crippen molar-refractivity contribution in [2.75, 3.05) is 18.5 Å². The SMILES string of the molecule is CCCCOC(=O)C(=CNc1ccnc(-c2cccnc2)n1)C(=O)OCCCC. The first-order valence-corrected chi connectivity index (χ1v) is 9.70. The number of carbonyl (C=O) groups excluding carboxylic acids is 2. The Morgan fingerprint density at radius 1 is 1.03 bits per heavy atom. The van der Waals surface area contributed by atoms with Gasteiger partial charge < -0.3 is 14.8 Å². The van der Waals surface area contributed by atoms with E-state index in [1.807, 2.05) is 19.9 Å². The first-order chi connectivity index (χ1) is 14.2. The number of rotatable bonds is 11. The van der Waals surface area contributed by atoms with Gasteiger partial charge in [-0.25, -0.2) is 19.6 Å². The standard InChI is InChI=1S/C21H26N4O4/c1-3-5-12-28-20(26)17(21(27)29-13-6-4-2)15-24-18-9-11-23-19(25-18)16-8-7-10-22-14-16/h7-11,14-15H,3-6,12-13H2,1-2H3,(H,23,24,25). The van der Waals surface area contributed by atoms with Crippen molar-refractivity contribution in [3.05, 3.63) is 48.6 Å². The van der Waals surface area contributed by atoms with Crippen molar-refractivity contribution >= 4 is 17.8 Å². The van der Waals surface area contributed by atoms with E-state index >= 15 is 0 Å². The fraction of sp³-hybridized carbons (Fsp3) is 0.381. The van der Waals surface area contributed by atoms with E-state index in [2.05, 4.69) is 20.3 Å². The predicted molar refractivity (Wildman–Crippen MR) is 109 cm³/mol. The molecule has 154 valence electrons. The number of carbonyl (C=O) groups is 2. The van der Waals surface area contributed by atoms with Gasteiger partial charge in [-0.2, -0.15) is 0 Å². The maximum Gasteiger partial charge on any atom is 0.347 e. The van der Waals surface area contributed by atoms with E-state index in [-0.39, 0.29) is 18.8 Å². The van der Waals surface area contributed by atoms with Gasteiger partial charge in [-0.05, 0) is 31.0 Å². The molecule has 0 radical (unpaired) electrons. The van der Waals surface area contributed by atoms with Crippen molar-refractivity contribution in [1.29, 1.82) is 0 Å². The van der Waals surface area contributed by atoms with Gasteiger partial charge in [0.05, 0.1) is 13.2 Å². The van der Waals surface area contributed by atoms with Crippen molar-refractivity contribution in [3.63, 3.8) is 0 Å². The van der Waals surface area contributed by atoms with Gasteiger partial charge in [-0.3, -0.25) is 4.98 Å². The van der Waals surface area contributed by atoms with E-state index in [1.165, 1.54) is 6.20 Å². The molecule has 0 fully saturated rings. The molecular formula is C21H26N4O4. The molecule has 0 saturated carbocycles. The average molecular weight is 398 g/mol. The van der Waals surface area contributed by atoms with Crippen LogP contribution in [0.4, 0.5) is 5.82 Å².